The number of hydrogen-bond donors (Lipinski definition) is 2. The summed E-state index contributed by atoms with van der Waals surface area (Å²) in [6.45, 7) is 0.523. The van der Waals surface area contributed by atoms with Crippen LogP contribution in [-0.2, 0) is 0 Å². The summed E-state index contributed by atoms with van der Waals surface area (Å²) >= 11 is 1.53. The highest BCUT2D eigenvalue weighted by Crippen LogP contribution is 2.20. The monoisotopic (exact) mass is 308 g/mol. The number of piperidine rings is 1. The van der Waals surface area contributed by atoms with Crippen molar-refractivity contribution in [1.29, 1.82) is 0 Å². The van der Waals surface area contributed by atoms with Crippen LogP contribution < -0.4 is 5.32 Å². The highest BCUT2D eigenvalue weighted by atomic mass is 32.1. The molecule has 2 heterocycles. The van der Waals surface area contributed by atoms with Crippen LogP contribution in [0.4, 0.5) is 13.2 Å². The van der Waals surface area contributed by atoms with Crippen LogP contribution in [0.3, 0.4) is 0 Å². The molecule has 0 saturated carbocycles. The standard InChI is InChI=1S/C13H19F3N2OS/c14-13(15,16)9-18-4-1-11(2-5-18)17-7-12(19)10-3-6-20-8-10/h3,6,8,11-12,17,19H,1-2,4-5,7,9H2. The number of nitrogens with zero attached hydrogens (tertiary/aromatic N) is 1. The molecular formula is C13H19F3N2OS. The molecule has 7 heteroatoms. The molecule has 1 aliphatic rings. The number of hydrogen-bond acceptors (Lipinski definition) is 4. The van der Waals surface area contributed by atoms with E-state index in [2.05, 4.69) is 5.32 Å². The minimum atomic E-state index is -4.12. The van der Waals surface area contributed by atoms with E-state index in [0.717, 1.165) is 5.56 Å². The first kappa shape index (κ1) is 15.8. The van der Waals surface area contributed by atoms with Gasteiger partial charge in [0.15, 0.2) is 0 Å². The molecule has 1 atom stereocenters. The summed E-state index contributed by atoms with van der Waals surface area (Å²) in [4.78, 5) is 1.44. The summed E-state index contributed by atoms with van der Waals surface area (Å²) in [7, 11) is 0. The number of nitrogens with one attached hydrogen (secondary N) is 1. The van der Waals surface area contributed by atoms with E-state index in [-0.39, 0.29) is 6.04 Å². The summed E-state index contributed by atoms with van der Waals surface area (Å²) < 4.78 is 36.8. The van der Waals surface area contributed by atoms with E-state index in [4.69, 9.17) is 0 Å². The number of likely N-dealkylation sites (tertiary alicyclic amines) is 1. The largest absolute Gasteiger partial charge is 0.401 e. The average molecular weight is 308 g/mol. The van der Waals surface area contributed by atoms with Crippen molar-refractivity contribution in [3.63, 3.8) is 0 Å². The molecule has 1 aliphatic heterocycles. The molecule has 0 aliphatic carbocycles. The molecule has 114 valence electrons. The van der Waals surface area contributed by atoms with Crippen molar-refractivity contribution in [2.24, 2.45) is 0 Å². The Morgan fingerprint density at radius 3 is 2.65 bits per heavy atom. The van der Waals surface area contributed by atoms with Crippen molar-refractivity contribution >= 4 is 11.3 Å². The van der Waals surface area contributed by atoms with Gasteiger partial charge in [0.05, 0.1) is 12.6 Å². The molecule has 1 saturated heterocycles. The van der Waals surface area contributed by atoms with Crippen LogP contribution in [0.15, 0.2) is 16.8 Å². The maximum Gasteiger partial charge on any atom is 0.401 e. The van der Waals surface area contributed by atoms with Crippen LogP contribution in [0.5, 0.6) is 0 Å². The highest BCUT2D eigenvalue weighted by Gasteiger charge is 2.32. The number of rotatable bonds is 5. The Kier molecular flexibility index (Phi) is 5.42. The van der Waals surface area contributed by atoms with Crippen LogP contribution in [0.25, 0.3) is 0 Å². The molecule has 2 N–H and O–H groups in total. The van der Waals surface area contributed by atoms with Crippen LogP contribution in [0.1, 0.15) is 24.5 Å². The van der Waals surface area contributed by atoms with Crippen molar-refractivity contribution < 1.29 is 18.3 Å². The molecule has 0 radical (unpaired) electrons. The highest BCUT2D eigenvalue weighted by molar-refractivity contribution is 7.07. The third-order valence-electron chi connectivity index (χ3n) is 3.52. The summed E-state index contributed by atoms with van der Waals surface area (Å²) in [6.07, 6.45) is -3.29. The van der Waals surface area contributed by atoms with Gasteiger partial charge in [-0.3, -0.25) is 4.90 Å². The molecule has 0 aromatic carbocycles. The molecule has 3 nitrogen and oxygen atoms in total. The van der Waals surface area contributed by atoms with Gasteiger partial charge in [-0.25, -0.2) is 0 Å². The van der Waals surface area contributed by atoms with Gasteiger partial charge in [-0.15, -0.1) is 0 Å². The van der Waals surface area contributed by atoms with E-state index in [1.807, 2.05) is 16.8 Å². The molecule has 0 spiro atoms. The van der Waals surface area contributed by atoms with Crippen molar-refractivity contribution in [3.8, 4) is 0 Å². The minimum Gasteiger partial charge on any atom is -0.387 e. The van der Waals surface area contributed by atoms with Crippen LogP contribution in [0.2, 0.25) is 0 Å². The van der Waals surface area contributed by atoms with Crippen molar-refractivity contribution in [3.05, 3.63) is 22.4 Å². The fourth-order valence-corrected chi connectivity index (χ4v) is 3.12. The quantitative estimate of drug-likeness (QED) is 0.877. The second-order valence-corrected chi connectivity index (χ2v) is 5.93. The lowest BCUT2D eigenvalue weighted by molar-refractivity contribution is -0.148. The Balaban J connectivity index is 1.67. The zero-order valence-corrected chi connectivity index (χ0v) is 11.9. The zero-order valence-electron chi connectivity index (χ0n) is 11.1. The topological polar surface area (TPSA) is 35.5 Å². The third kappa shape index (κ3) is 5.05. The van der Waals surface area contributed by atoms with Gasteiger partial charge in [-0.2, -0.15) is 24.5 Å². The maximum absolute atomic E-state index is 12.3. The fraction of sp³-hybridized carbons (Fsp3) is 0.692. The maximum atomic E-state index is 12.3. The Bertz CT molecular complexity index is 389. The lowest BCUT2D eigenvalue weighted by Gasteiger charge is -2.33. The van der Waals surface area contributed by atoms with Crippen LogP contribution in [0, 0.1) is 0 Å². The molecule has 0 bridgehead atoms. The first-order chi connectivity index (χ1) is 9.44. The van der Waals surface area contributed by atoms with Gasteiger partial charge >= 0.3 is 6.18 Å². The number of aliphatic hydroxyl groups is 1. The van der Waals surface area contributed by atoms with E-state index in [1.165, 1.54) is 16.2 Å². The Labute approximate surface area is 120 Å². The van der Waals surface area contributed by atoms with Gasteiger partial charge in [0.1, 0.15) is 0 Å². The van der Waals surface area contributed by atoms with Crippen molar-refractivity contribution in [2.75, 3.05) is 26.2 Å². The number of halogens is 3. The lowest BCUT2D eigenvalue weighted by atomic mass is 10.0. The molecule has 1 unspecified atom stereocenters. The number of alkyl halides is 3. The molecule has 1 fully saturated rings. The normalized spacial score (nSPS) is 20.2. The second-order valence-electron chi connectivity index (χ2n) is 5.15. The zero-order chi connectivity index (χ0) is 14.6. The average Bonchev–Trinajstić information content (AvgIpc) is 2.89. The summed E-state index contributed by atoms with van der Waals surface area (Å²) in [5.41, 5.74) is 0.886. The molecule has 1 aromatic heterocycles. The molecule has 0 amide bonds. The lowest BCUT2D eigenvalue weighted by Crippen LogP contribution is -2.46. The van der Waals surface area contributed by atoms with Gasteiger partial charge in [0, 0.05) is 12.6 Å². The molecule has 1 aromatic rings. The SMILES string of the molecule is OC(CNC1CCN(CC(F)(F)F)CC1)c1ccsc1. The molecular weight excluding hydrogens is 289 g/mol. The predicted molar refractivity (Wildman–Crippen MR) is 72.8 cm³/mol. The van der Waals surface area contributed by atoms with Gasteiger partial charge in [-0.1, -0.05) is 0 Å². The van der Waals surface area contributed by atoms with Gasteiger partial charge < -0.3 is 10.4 Å². The van der Waals surface area contributed by atoms with E-state index in [0.29, 0.717) is 32.5 Å². The van der Waals surface area contributed by atoms with E-state index in [1.54, 1.807) is 0 Å². The molecule has 20 heavy (non-hydrogen) atoms. The third-order valence-corrected chi connectivity index (χ3v) is 4.22. The van der Waals surface area contributed by atoms with E-state index in [9.17, 15) is 18.3 Å². The predicted octanol–water partition coefficient (Wildman–Crippen LogP) is 2.40. The smallest absolute Gasteiger partial charge is 0.387 e. The Hall–Kier alpha value is -0.630. The second kappa shape index (κ2) is 6.89. The van der Waals surface area contributed by atoms with Crippen molar-refractivity contribution in [2.45, 2.75) is 31.2 Å². The number of thiophene rings is 1. The Morgan fingerprint density at radius 1 is 1.40 bits per heavy atom. The van der Waals surface area contributed by atoms with Crippen LogP contribution >= 0.6 is 11.3 Å². The summed E-state index contributed by atoms with van der Waals surface area (Å²) in [6, 6.07) is 2.07. The van der Waals surface area contributed by atoms with Gasteiger partial charge in [-0.05, 0) is 48.3 Å². The molecule has 2 rings (SSSR count). The van der Waals surface area contributed by atoms with Crippen LogP contribution in [-0.4, -0.2) is 48.4 Å². The van der Waals surface area contributed by atoms with E-state index < -0.39 is 18.8 Å². The Morgan fingerprint density at radius 2 is 2.10 bits per heavy atom. The summed E-state index contributed by atoms with van der Waals surface area (Å²) in [5.74, 6) is 0. The summed E-state index contributed by atoms with van der Waals surface area (Å²) in [5, 5.41) is 17.0. The number of aliphatic hydroxyl groups excluding tert-OH is 1. The first-order valence-electron chi connectivity index (χ1n) is 6.67. The van der Waals surface area contributed by atoms with E-state index >= 15 is 0 Å². The van der Waals surface area contributed by atoms with Gasteiger partial charge in [0.2, 0.25) is 0 Å². The minimum absolute atomic E-state index is 0.188. The fourth-order valence-electron chi connectivity index (χ4n) is 2.41. The van der Waals surface area contributed by atoms with Crippen molar-refractivity contribution in [1.82, 2.24) is 10.2 Å². The first-order valence-corrected chi connectivity index (χ1v) is 7.61. The van der Waals surface area contributed by atoms with Gasteiger partial charge in [0.25, 0.3) is 0 Å².